The molecule has 0 aromatic heterocycles. The van der Waals surface area contributed by atoms with Crippen molar-refractivity contribution in [2.75, 3.05) is 6.61 Å². The molecule has 14 heavy (non-hydrogen) atoms. The van der Waals surface area contributed by atoms with E-state index in [1.165, 1.54) is 0 Å². The van der Waals surface area contributed by atoms with Gasteiger partial charge in [-0.1, -0.05) is 11.6 Å². The van der Waals surface area contributed by atoms with Gasteiger partial charge in [-0.05, 0) is 18.2 Å². The van der Waals surface area contributed by atoms with Crippen molar-refractivity contribution in [3.8, 4) is 5.75 Å². The molecular weight excluding hydrogens is 204 g/mol. The molecule has 0 amide bonds. The van der Waals surface area contributed by atoms with Crippen LogP contribution in [0.3, 0.4) is 0 Å². The minimum Gasteiger partial charge on any atom is -0.507 e. The van der Waals surface area contributed by atoms with Crippen LogP contribution in [0, 0.1) is 0 Å². The number of hydrogen-bond donors (Lipinski definition) is 1. The lowest BCUT2D eigenvalue weighted by molar-refractivity contribution is -0.116. The number of hydrogen-bond acceptors (Lipinski definition) is 3. The molecule has 0 fully saturated rings. The molecule has 1 heterocycles. The van der Waals surface area contributed by atoms with Gasteiger partial charge in [0.05, 0.1) is 5.56 Å². The standard InChI is InChI=1S/C10H7ClO3/c11-6-1-2-8-9(13)4-7(12)5-14-10(8)3-6/h1-4,13H,5H2. The SMILES string of the molecule is O=C1C=C(O)c2ccc(Cl)cc2OC1. The summed E-state index contributed by atoms with van der Waals surface area (Å²) >= 11 is 5.75. The fourth-order valence-corrected chi connectivity index (χ4v) is 1.41. The van der Waals surface area contributed by atoms with Crippen molar-refractivity contribution in [1.29, 1.82) is 0 Å². The van der Waals surface area contributed by atoms with Gasteiger partial charge in [-0.2, -0.15) is 0 Å². The molecule has 1 aliphatic rings. The molecule has 1 aromatic rings. The second-order valence-electron chi connectivity index (χ2n) is 2.93. The molecule has 72 valence electrons. The molecule has 4 heteroatoms. The maximum absolute atomic E-state index is 11.1. The summed E-state index contributed by atoms with van der Waals surface area (Å²) in [6, 6.07) is 4.81. The Labute approximate surface area is 85.6 Å². The van der Waals surface area contributed by atoms with E-state index in [0.29, 0.717) is 16.3 Å². The zero-order valence-electron chi connectivity index (χ0n) is 7.16. The maximum atomic E-state index is 11.1. The van der Waals surface area contributed by atoms with E-state index >= 15 is 0 Å². The zero-order chi connectivity index (χ0) is 10.1. The smallest absolute Gasteiger partial charge is 0.196 e. The molecule has 1 aliphatic heterocycles. The Morgan fingerprint density at radius 2 is 2.21 bits per heavy atom. The van der Waals surface area contributed by atoms with Gasteiger partial charge in [0.25, 0.3) is 0 Å². The van der Waals surface area contributed by atoms with Crippen molar-refractivity contribution in [2.24, 2.45) is 0 Å². The second-order valence-corrected chi connectivity index (χ2v) is 3.36. The lowest BCUT2D eigenvalue weighted by Gasteiger charge is -2.06. The van der Waals surface area contributed by atoms with Gasteiger partial charge in [-0.15, -0.1) is 0 Å². The van der Waals surface area contributed by atoms with E-state index in [4.69, 9.17) is 16.3 Å². The number of aliphatic hydroxyl groups is 1. The number of fused-ring (bicyclic) bond motifs is 1. The summed E-state index contributed by atoms with van der Waals surface area (Å²) in [6.07, 6.45) is 1.15. The number of rotatable bonds is 0. The van der Waals surface area contributed by atoms with Crippen LogP contribution in [0.1, 0.15) is 5.56 Å². The molecule has 0 radical (unpaired) electrons. The first-order chi connectivity index (χ1) is 6.66. The van der Waals surface area contributed by atoms with E-state index in [-0.39, 0.29) is 18.1 Å². The van der Waals surface area contributed by atoms with E-state index in [2.05, 4.69) is 0 Å². The number of ether oxygens (including phenoxy) is 1. The minimum atomic E-state index is -0.269. The molecule has 0 atom stereocenters. The van der Waals surface area contributed by atoms with E-state index in [1.54, 1.807) is 18.2 Å². The first-order valence-corrected chi connectivity index (χ1v) is 4.41. The van der Waals surface area contributed by atoms with Crippen LogP contribution in [-0.4, -0.2) is 17.5 Å². The quantitative estimate of drug-likeness (QED) is 0.714. The molecule has 0 bridgehead atoms. The van der Waals surface area contributed by atoms with Crippen LogP contribution < -0.4 is 4.74 Å². The number of aliphatic hydroxyl groups excluding tert-OH is 1. The Morgan fingerprint density at radius 1 is 1.43 bits per heavy atom. The number of halogens is 1. The molecule has 1 N–H and O–H groups in total. The highest BCUT2D eigenvalue weighted by Gasteiger charge is 2.15. The Bertz CT molecular complexity index is 423. The number of carbonyl (C=O) groups excluding carboxylic acids is 1. The lowest BCUT2D eigenvalue weighted by atomic mass is 10.1. The van der Waals surface area contributed by atoms with Crippen LogP contribution in [0.4, 0.5) is 0 Å². The van der Waals surface area contributed by atoms with Crippen molar-refractivity contribution in [3.05, 3.63) is 34.9 Å². The van der Waals surface area contributed by atoms with Crippen LogP contribution in [-0.2, 0) is 4.79 Å². The first kappa shape index (κ1) is 9.09. The van der Waals surface area contributed by atoms with Gasteiger partial charge in [0.1, 0.15) is 11.5 Å². The Kier molecular flexibility index (Phi) is 2.17. The lowest BCUT2D eigenvalue weighted by Crippen LogP contribution is -2.06. The normalized spacial score (nSPS) is 15.2. The van der Waals surface area contributed by atoms with E-state index < -0.39 is 0 Å². The summed E-state index contributed by atoms with van der Waals surface area (Å²) in [5.41, 5.74) is 0.486. The molecule has 0 saturated heterocycles. The van der Waals surface area contributed by atoms with Crippen LogP contribution in [0.25, 0.3) is 5.76 Å². The van der Waals surface area contributed by atoms with Gasteiger partial charge in [0, 0.05) is 11.1 Å². The van der Waals surface area contributed by atoms with Gasteiger partial charge in [-0.3, -0.25) is 4.79 Å². The van der Waals surface area contributed by atoms with Gasteiger partial charge >= 0.3 is 0 Å². The summed E-state index contributed by atoms with van der Waals surface area (Å²) in [5.74, 6) is 0.0751. The molecule has 2 rings (SSSR count). The van der Waals surface area contributed by atoms with Crippen molar-refractivity contribution in [2.45, 2.75) is 0 Å². The van der Waals surface area contributed by atoms with Crippen LogP contribution >= 0.6 is 11.6 Å². The third-order valence-corrected chi connectivity index (χ3v) is 2.12. The fourth-order valence-electron chi connectivity index (χ4n) is 1.25. The average Bonchev–Trinajstić information content (AvgIpc) is 2.26. The predicted octanol–water partition coefficient (Wildman–Crippen LogP) is 2.20. The van der Waals surface area contributed by atoms with E-state index in [0.717, 1.165) is 6.08 Å². The molecule has 0 unspecified atom stereocenters. The third-order valence-electron chi connectivity index (χ3n) is 1.89. The van der Waals surface area contributed by atoms with E-state index in [9.17, 15) is 9.90 Å². The summed E-state index contributed by atoms with van der Waals surface area (Å²) in [4.78, 5) is 11.1. The highest BCUT2D eigenvalue weighted by molar-refractivity contribution is 6.30. The molecular formula is C10H7ClO3. The van der Waals surface area contributed by atoms with Crippen molar-refractivity contribution < 1.29 is 14.6 Å². The molecule has 0 aliphatic carbocycles. The largest absolute Gasteiger partial charge is 0.507 e. The van der Waals surface area contributed by atoms with Gasteiger partial charge < -0.3 is 9.84 Å². The van der Waals surface area contributed by atoms with Crippen LogP contribution in [0.15, 0.2) is 24.3 Å². The van der Waals surface area contributed by atoms with Crippen molar-refractivity contribution in [3.63, 3.8) is 0 Å². The van der Waals surface area contributed by atoms with Crippen molar-refractivity contribution in [1.82, 2.24) is 0 Å². The molecule has 1 aromatic carbocycles. The Hall–Kier alpha value is -1.48. The topological polar surface area (TPSA) is 46.5 Å². The number of carbonyl (C=O) groups is 1. The minimum absolute atomic E-state index is 0.0720. The first-order valence-electron chi connectivity index (χ1n) is 4.03. The van der Waals surface area contributed by atoms with Gasteiger partial charge in [0.15, 0.2) is 12.4 Å². The summed E-state index contributed by atoms with van der Waals surface area (Å²) in [6.45, 7) is -0.0720. The van der Waals surface area contributed by atoms with Crippen molar-refractivity contribution >= 4 is 23.1 Å². The summed E-state index contributed by atoms with van der Waals surface area (Å²) < 4.78 is 5.17. The maximum Gasteiger partial charge on any atom is 0.196 e. The highest BCUT2D eigenvalue weighted by atomic mass is 35.5. The summed E-state index contributed by atoms with van der Waals surface area (Å²) in [5, 5.41) is 10.0. The third kappa shape index (κ3) is 1.59. The molecule has 0 saturated carbocycles. The highest BCUT2D eigenvalue weighted by Crippen LogP contribution is 2.29. The summed E-state index contributed by atoms with van der Waals surface area (Å²) in [7, 11) is 0. The Balaban J connectivity index is 2.55. The van der Waals surface area contributed by atoms with Crippen LogP contribution in [0.2, 0.25) is 5.02 Å². The fraction of sp³-hybridized carbons (Fsp3) is 0.100. The Morgan fingerprint density at radius 3 is 3.00 bits per heavy atom. The van der Waals surface area contributed by atoms with Gasteiger partial charge in [0.2, 0.25) is 0 Å². The van der Waals surface area contributed by atoms with Gasteiger partial charge in [-0.25, -0.2) is 0 Å². The molecule has 3 nitrogen and oxygen atoms in total. The zero-order valence-corrected chi connectivity index (χ0v) is 7.91. The monoisotopic (exact) mass is 210 g/mol. The predicted molar refractivity (Wildman–Crippen MR) is 52.6 cm³/mol. The molecule has 0 spiro atoms. The average molecular weight is 211 g/mol. The van der Waals surface area contributed by atoms with Crippen LogP contribution in [0.5, 0.6) is 5.75 Å². The number of benzene rings is 1. The van der Waals surface area contributed by atoms with E-state index in [1.807, 2.05) is 0 Å². The second kappa shape index (κ2) is 3.35. The number of ketones is 1.